The lowest BCUT2D eigenvalue weighted by Crippen LogP contribution is -2.58. The number of primary amides is 1. The molecule has 0 spiro atoms. The Bertz CT molecular complexity index is 1320. The molecule has 1 aliphatic heterocycles. The number of piperidine rings is 1. The van der Waals surface area contributed by atoms with Crippen LogP contribution < -0.4 is 15.8 Å². The second kappa shape index (κ2) is 11.9. The summed E-state index contributed by atoms with van der Waals surface area (Å²) in [4.78, 5) is 46.0. The maximum atomic E-state index is 13.7. The number of amides is 3. The number of fused-ring (bicyclic) bond motifs is 2. The zero-order chi connectivity index (χ0) is 30.2. The van der Waals surface area contributed by atoms with Crippen molar-refractivity contribution in [1.29, 1.82) is 0 Å². The van der Waals surface area contributed by atoms with Gasteiger partial charge in [0.1, 0.15) is 5.75 Å². The molecule has 3 amide bonds. The molecule has 2 heterocycles. The summed E-state index contributed by atoms with van der Waals surface area (Å²) in [7, 11) is 1.60. The zero-order valence-corrected chi connectivity index (χ0v) is 25.4. The Labute approximate surface area is 250 Å². The third kappa shape index (κ3) is 5.66. The molecular formula is C31H42N4O6S. The van der Waals surface area contributed by atoms with Gasteiger partial charge in [0.15, 0.2) is 5.13 Å². The van der Waals surface area contributed by atoms with Crippen LogP contribution in [0, 0.1) is 22.7 Å². The average Bonchev–Trinajstić information content (AvgIpc) is 3.38. The van der Waals surface area contributed by atoms with Crippen LogP contribution in [0.4, 0.5) is 5.13 Å². The lowest BCUT2D eigenvalue weighted by atomic mass is 9.47. The van der Waals surface area contributed by atoms with Crippen LogP contribution in [0.2, 0.25) is 0 Å². The SMILES string of the molecule is COc1ccc(CC(=O)Nc2nc3c(s2)CC2C(C)(CO)C(O)CCC2(C)C3CC(=O)N2CCC(C(N)=O)CC2)cc1. The predicted octanol–water partition coefficient (Wildman–Crippen LogP) is 2.86. The van der Waals surface area contributed by atoms with Crippen molar-refractivity contribution < 1.29 is 29.3 Å². The standard InChI is InChI=1S/C31H42N4O6S/c1-30-11-8-24(37)31(2,17-36)23(30)16-22-27(21(30)15-26(39)35-12-9-19(10-13-35)28(32)40)34-29(42-22)33-25(38)14-18-4-6-20(41-3)7-5-18/h4-7,19,21,23-24,36-37H,8-17H2,1-3H3,(H2,32,40)(H,33,34,38). The number of likely N-dealkylation sites (tertiary alicyclic amines) is 1. The number of thiazole rings is 1. The number of anilines is 1. The summed E-state index contributed by atoms with van der Waals surface area (Å²) in [6.07, 6.45) is 2.74. The first-order valence-corrected chi connectivity index (χ1v) is 15.6. The number of hydrogen-bond acceptors (Lipinski definition) is 8. The van der Waals surface area contributed by atoms with Crippen LogP contribution in [0.1, 0.15) is 68.0 Å². The minimum Gasteiger partial charge on any atom is -0.497 e. The zero-order valence-electron chi connectivity index (χ0n) is 24.6. The maximum Gasteiger partial charge on any atom is 0.230 e. The fourth-order valence-electron chi connectivity index (χ4n) is 7.51. The molecule has 2 fully saturated rings. The fraction of sp³-hybridized carbons (Fsp3) is 0.613. The first kappa shape index (κ1) is 30.4. The quantitative estimate of drug-likeness (QED) is 0.364. The van der Waals surface area contributed by atoms with Crippen molar-refractivity contribution in [3.05, 3.63) is 40.4 Å². The Balaban J connectivity index is 1.40. The molecule has 5 atom stereocenters. The van der Waals surface area contributed by atoms with E-state index in [1.54, 1.807) is 7.11 Å². The molecule has 0 bridgehead atoms. The fourth-order valence-corrected chi connectivity index (χ4v) is 8.59. The van der Waals surface area contributed by atoms with Crippen LogP contribution >= 0.6 is 11.3 Å². The Hall–Kier alpha value is -3.02. The number of nitrogens with two attached hydrogens (primary N) is 1. The molecule has 5 unspecified atom stereocenters. The summed E-state index contributed by atoms with van der Waals surface area (Å²) in [5, 5.41) is 25.0. The van der Waals surface area contributed by atoms with Gasteiger partial charge in [0.05, 0.1) is 31.9 Å². The van der Waals surface area contributed by atoms with Crippen molar-refractivity contribution in [2.45, 2.75) is 70.8 Å². The molecule has 2 aliphatic carbocycles. The van der Waals surface area contributed by atoms with E-state index in [1.807, 2.05) is 36.1 Å². The Kier molecular flexibility index (Phi) is 8.65. The van der Waals surface area contributed by atoms with Crippen LogP contribution in [0.5, 0.6) is 5.75 Å². The van der Waals surface area contributed by atoms with Gasteiger partial charge in [0.25, 0.3) is 0 Å². The van der Waals surface area contributed by atoms with Gasteiger partial charge >= 0.3 is 0 Å². The van der Waals surface area contributed by atoms with Gasteiger partial charge in [-0.15, -0.1) is 11.3 Å². The Morgan fingerprint density at radius 3 is 2.48 bits per heavy atom. The number of aliphatic hydroxyl groups excluding tert-OH is 2. The normalized spacial score (nSPS) is 29.4. The highest BCUT2D eigenvalue weighted by Gasteiger charge is 2.59. The molecule has 1 saturated carbocycles. The smallest absolute Gasteiger partial charge is 0.230 e. The maximum absolute atomic E-state index is 13.7. The highest BCUT2D eigenvalue weighted by molar-refractivity contribution is 7.15. The predicted molar refractivity (Wildman–Crippen MR) is 159 cm³/mol. The molecule has 42 heavy (non-hydrogen) atoms. The van der Waals surface area contributed by atoms with Crippen molar-refractivity contribution in [2.24, 2.45) is 28.4 Å². The third-order valence-corrected chi connectivity index (χ3v) is 11.3. The highest BCUT2D eigenvalue weighted by Crippen LogP contribution is 2.63. The molecule has 5 N–H and O–H groups in total. The highest BCUT2D eigenvalue weighted by atomic mass is 32.1. The number of nitrogens with one attached hydrogen (secondary N) is 1. The summed E-state index contributed by atoms with van der Waals surface area (Å²) < 4.78 is 5.20. The number of benzene rings is 1. The molecule has 5 rings (SSSR count). The second-order valence-electron chi connectivity index (χ2n) is 12.7. The number of ether oxygens (including phenoxy) is 1. The summed E-state index contributed by atoms with van der Waals surface area (Å²) >= 11 is 1.41. The van der Waals surface area contributed by atoms with E-state index in [0.717, 1.165) is 21.9 Å². The Morgan fingerprint density at radius 1 is 1.17 bits per heavy atom. The molecule has 10 nitrogen and oxygen atoms in total. The van der Waals surface area contributed by atoms with E-state index in [1.165, 1.54) is 11.3 Å². The van der Waals surface area contributed by atoms with E-state index in [2.05, 4.69) is 12.2 Å². The van der Waals surface area contributed by atoms with Crippen LogP contribution in [-0.2, 0) is 27.2 Å². The molecule has 2 aromatic rings. The van der Waals surface area contributed by atoms with Gasteiger partial charge in [0.2, 0.25) is 17.7 Å². The minimum atomic E-state index is -0.729. The topological polar surface area (TPSA) is 155 Å². The number of rotatable bonds is 8. The number of hydrogen-bond donors (Lipinski definition) is 4. The molecule has 3 aliphatic rings. The number of aromatic nitrogens is 1. The van der Waals surface area contributed by atoms with E-state index >= 15 is 0 Å². The van der Waals surface area contributed by atoms with E-state index in [0.29, 0.717) is 50.3 Å². The summed E-state index contributed by atoms with van der Waals surface area (Å²) in [6.45, 7) is 4.93. The van der Waals surface area contributed by atoms with Crippen LogP contribution in [0.15, 0.2) is 24.3 Å². The number of methoxy groups -OCH3 is 1. The Morgan fingerprint density at radius 2 is 1.86 bits per heavy atom. The number of aliphatic hydroxyl groups is 2. The van der Waals surface area contributed by atoms with Gasteiger partial charge in [-0.3, -0.25) is 14.4 Å². The van der Waals surface area contributed by atoms with Gasteiger partial charge in [-0.1, -0.05) is 26.0 Å². The molecular weight excluding hydrogens is 556 g/mol. The van der Waals surface area contributed by atoms with E-state index in [4.69, 9.17) is 15.5 Å². The van der Waals surface area contributed by atoms with Crippen LogP contribution in [-0.4, -0.2) is 70.7 Å². The van der Waals surface area contributed by atoms with Gasteiger partial charge in [-0.05, 0) is 61.1 Å². The first-order chi connectivity index (χ1) is 20.0. The van der Waals surface area contributed by atoms with Gasteiger partial charge in [0, 0.05) is 41.6 Å². The van der Waals surface area contributed by atoms with E-state index in [9.17, 15) is 24.6 Å². The third-order valence-electron chi connectivity index (χ3n) is 10.3. The van der Waals surface area contributed by atoms with Crippen molar-refractivity contribution in [3.63, 3.8) is 0 Å². The summed E-state index contributed by atoms with van der Waals surface area (Å²) in [6, 6.07) is 7.34. The number of carbonyl (C=O) groups is 3. The van der Waals surface area contributed by atoms with E-state index < -0.39 is 11.5 Å². The van der Waals surface area contributed by atoms with Gasteiger partial charge in [-0.2, -0.15) is 0 Å². The number of nitrogens with zero attached hydrogens (tertiary/aromatic N) is 2. The molecule has 1 aromatic heterocycles. The van der Waals surface area contributed by atoms with Crippen LogP contribution in [0.3, 0.4) is 0 Å². The van der Waals surface area contributed by atoms with E-state index in [-0.39, 0.29) is 60.3 Å². The van der Waals surface area contributed by atoms with Crippen molar-refractivity contribution in [2.75, 3.05) is 32.1 Å². The largest absolute Gasteiger partial charge is 0.497 e. The molecule has 1 saturated heterocycles. The number of carbonyl (C=O) groups excluding carboxylic acids is 3. The molecule has 11 heteroatoms. The van der Waals surface area contributed by atoms with Crippen LogP contribution in [0.25, 0.3) is 0 Å². The monoisotopic (exact) mass is 598 g/mol. The second-order valence-corrected chi connectivity index (χ2v) is 13.8. The van der Waals surface area contributed by atoms with Crippen molar-refractivity contribution in [1.82, 2.24) is 9.88 Å². The van der Waals surface area contributed by atoms with Gasteiger partial charge in [-0.25, -0.2) is 4.98 Å². The first-order valence-electron chi connectivity index (χ1n) is 14.8. The molecule has 1 aromatic carbocycles. The molecule has 0 radical (unpaired) electrons. The van der Waals surface area contributed by atoms with Crippen molar-refractivity contribution >= 4 is 34.2 Å². The molecule has 228 valence electrons. The summed E-state index contributed by atoms with van der Waals surface area (Å²) in [5.74, 6) is -0.296. The average molecular weight is 599 g/mol. The van der Waals surface area contributed by atoms with Crippen molar-refractivity contribution in [3.8, 4) is 5.75 Å². The minimum absolute atomic E-state index is 0.00524. The summed E-state index contributed by atoms with van der Waals surface area (Å²) in [5.41, 5.74) is 6.06. The lowest BCUT2D eigenvalue weighted by molar-refractivity contribution is -0.148. The van der Waals surface area contributed by atoms with Gasteiger partial charge < -0.3 is 30.9 Å². The lowest BCUT2D eigenvalue weighted by Gasteiger charge is -2.58.